The lowest BCUT2D eigenvalue weighted by Gasteiger charge is -2.06. The molecule has 4 heteroatoms. The number of hydrogen-bond acceptors (Lipinski definition) is 3. The molecule has 0 amide bonds. The number of Topliss-reactive ketones (excluding diaryl/α,β-unsaturated/α-hetero) is 1. The molecule has 84 valence electrons. The molecule has 1 heterocycles. The summed E-state index contributed by atoms with van der Waals surface area (Å²) < 4.78 is 7.15. The molecule has 1 aromatic heterocycles. The van der Waals surface area contributed by atoms with E-state index in [0.29, 0.717) is 12.8 Å². The molecule has 15 heavy (non-hydrogen) atoms. The van der Waals surface area contributed by atoms with Gasteiger partial charge in [-0.1, -0.05) is 0 Å². The van der Waals surface area contributed by atoms with Crippen molar-refractivity contribution in [1.29, 1.82) is 0 Å². The summed E-state index contributed by atoms with van der Waals surface area (Å²) in [7, 11) is 1.93. The number of aryl methyl sites for hydroxylation is 2. The molecule has 0 spiro atoms. The minimum atomic E-state index is 0.113. The maximum atomic E-state index is 11.4. The average Bonchev–Trinajstić information content (AvgIpc) is 2.58. The molecule has 0 saturated heterocycles. The van der Waals surface area contributed by atoms with Crippen molar-refractivity contribution in [3.05, 3.63) is 18.2 Å². The first-order chi connectivity index (χ1) is 7.09. The van der Waals surface area contributed by atoms with Crippen molar-refractivity contribution in [2.75, 3.05) is 6.61 Å². The predicted octanol–water partition coefficient (Wildman–Crippen LogP) is 1.35. The van der Waals surface area contributed by atoms with Crippen LogP contribution in [0.1, 0.15) is 26.1 Å². The van der Waals surface area contributed by atoms with Crippen LogP contribution in [-0.2, 0) is 23.0 Å². The van der Waals surface area contributed by atoms with E-state index in [9.17, 15) is 4.79 Å². The second-order valence-electron chi connectivity index (χ2n) is 3.85. The Morgan fingerprint density at radius 3 is 2.87 bits per heavy atom. The van der Waals surface area contributed by atoms with Gasteiger partial charge in [0.2, 0.25) is 0 Å². The summed E-state index contributed by atoms with van der Waals surface area (Å²) in [6.07, 6.45) is 4.91. The molecule has 0 aromatic carbocycles. The third kappa shape index (κ3) is 4.25. The Morgan fingerprint density at radius 2 is 2.33 bits per heavy atom. The monoisotopic (exact) mass is 210 g/mol. The smallest absolute Gasteiger partial charge is 0.158 e. The van der Waals surface area contributed by atoms with Gasteiger partial charge >= 0.3 is 0 Å². The molecule has 0 bridgehead atoms. The molecule has 0 unspecified atom stereocenters. The van der Waals surface area contributed by atoms with Gasteiger partial charge in [-0.15, -0.1) is 0 Å². The lowest BCUT2D eigenvalue weighted by Crippen LogP contribution is -2.14. The van der Waals surface area contributed by atoms with E-state index < -0.39 is 0 Å². The standard InChI is InChI=1S/C11H18N2O2/c1-9(2)15-8-10(14)4-5-11-12-6-7-13(11)3/h6-7,9H,4-5,8H2,1-3H3. The van der Waals surface area contributed by atoms with E-state index in [1.54, 1.807) is 6.20 Å². The number of rotatable bonds is 6. The van der Waals surface area contributed by atoms with E-state index >= 15 is 0 Å². The van der Waals surface area contributed by atoms with Crippen molar-refractivity contribution in [2.24, 2.45) is 7.05 Å². The topological polar surface area (TPSA) is 44.1 Å². The fourth-order valence-corrected chi connectivity index (χ4v) is 1.22. The fourth-order valence-electron chi connectivity index (χ4n) is 1.22. The summed E-state index contributed by atoms with van der Waals surface area (Å²) >= 11 is 0. The van der Waals surface area contributed by atoms with Crippen LogP contribution in [0.4, 0.5) is 0 Å². The minimum absolute atomic E-state index is 0.113. The Balaban J connectivity index is 2.26. The van der Waals surface area contributed by atoms with Gasteiger partial charge in [-0.05, 0) is 13.8 Å². The first-order valence-corrected chi connectivity index (χ1v) is 5.19. The average molecular weight is 210 g/mol. The van der Waals surface area contributed by atoms with Crippen LogP contribution >= 0.6 is 0 Å². The molecule has 0 radical (unpaired) electrons. The van der Waals surface area contributed by atoms with Crippen LogP contribution in [0.3, 0.4) is 0 Å². The lowest BCUT2D eigenvalue weighted by atomic mass is 10.2. The largest absolute Gasteiger partial charge is 0.371 e. The zero-order chi connectivity index (χ0) is 11.3. The van der Waals surface area contributed by atoms with E-state index in [4.69, 9.17) is 4.74 Å². The van der Waals surface area contributed by atoms with Crippen LogP contribution in [0.25, 0.3) is 0 Å². The molecular weight excluding hydrogens is 192 g/mol. The van der Waals surface area contributed by atoms with Crippen LogP contribution in [0.2, 0.25) is 0 Å². The van der Waals surface area contributed by atoms with Crippen molar-refractivity contribution in [3.63, 3.8) is 0 Å². The first kappa shape index (κ1) is 11.9. The SMILES string of the molecule is CC(C)OCC(=O)CCc1nccn1C. The summed E-state index contributed by atoms with van der Waals surface area (Å²) in [4.78, 5) is 15.5. The Labute approximate surface area is 90.3 Å². The van der Waals surface area contributed by atoms with Crippen molar-refractivity contribution < 1.29 is 9.53 Å². The van der Waals surface area contributed by atoms with Gasteiger partial charge < -0.3 is 9.30 Å². The summed E-state index contributed by atoms with van der Waals surface area (Å²) in [5.74, 6) is 1.07. The van der Waals surface area contributed by atoms with Gasteiger partial charge in [-0.3, -0.25) is 4.79 Å². The number of ether oxygens (including phenoxy) is 1. The van der Waals surface area contributed by atoms with E-state index in [0.717, 1.165) is 5.82 Å². The molecule has 0 saturated carbocycles. The maximum Gasteiger partial charge on any atom is 0.158 e. The molecule has 1 aromatic rings. The highest BCUT2D eigenvalue weighted by molar-refractivity contribution is 5.79. The van der Waals surface area contributed by atoms with Crippen molar-refractivity contribution in [3.8, 4) is 0 Å². The number of carbonyl (C=O) groups excluding carboxylic acids is 1. The Kier molecular flexibility index (Phi) is 4.49. The van der Waals surface area contributed by atoms with Crippen molar-refractivity contribution in [2.45, 2.75) is 32.8 Å². The molecule has 0 aliphatic carbocycles. The van der Waals surface area contributed by atoms with E-state index in [1.807, 2.05) is 31.7 Å². The second-order valence-corrected chi connectivity index (χ2v) is 3.85. The van der Waals surface area contributed by atoms with Crippen molar-refractivity contribution in [1.82, 2.24) is 9.55 Å². The van der Waals surface area contributed by atoms with Gasteiger partial charge in [0.25, 0.3) is 0 Å². The highest BCUT2D eigenvalue weighted by atomic mass is 16.5. The lowest BCUT2D eigenvalue weighted by molar-refractivity contribution is -0.124. The van der Waals surface area contributed by atoms with Crippen LogP contribution in [-0.4, -0.2) is 28.0 Å². The number of imidazole rings is 1. The predicted molar refractivity (Wildman–Crippen MR) is 57.6 cm³/mol. The Morgan fingerprint density at radius 1 is 1.60 bits per heavy atom. The zero-order valence-corrected chi connectivity index (χ0v) is 9.56. The van der Waals surface area contributed by atoms with E-state index in [1.165, 1.54) is 0 Å². The normalized spacial score (nSPS) is 10.9. The fraction of sp³-hybridized carbons (Fsp3) is 0.636. The quantitative estimate of drug-likeness (QED) is 0.711. The van der Waals surface area contributed by atoms with E-state index in [2.05, 4.69) is 4.98 Å². The number of aromatic nitrogens is 2. The van der Waals surface area contributed by atoms with Gasteiger partial charge in [0, 0.05) is 32.3 Å². The zero-order valence-electron chi connectivity index (χ0n) is 9.56. The van der Waals surface area contributed by atoms with Gasteiger partial charge in [-0.25, -0.2) is 4.98 Å². The number of nitrogens with zero attached hydrogens (tertiary/aromatic N) is 2. The molecule has 1 rings (SSSR count). The van der Waals surface area contributed by atoms with Crippen LogP contribution in [0, 0.1) is 0 Å². The minimum Gasteiger partial charge on any atom is -0.371 e. The van der Waals surface area contributed by atoms with Gasteiger partial charge in [-0.2, -0.15) is 0 Å². The summed E-state index contributed by atoms with van der Waals surface area (Å²) in [5.41, 5.74) is 0. The first-order valence-electron chi connectivity index (χ1n) is 5.19. The number of ketones is 1. The van der Waals surface area contributed by atoms with Gasteiger partial charge in [0.1, 0.15) is 12.4 Å². The molecule has 0 aliphatic rings. The van der Waals surface area contributed by atoms with Gasteiger partial charge in [0.05, 0.1) is 6.10 Å². The molecular formula is C11H18N2O2. The Bertz CT molecular complexity index is 318. The molecule has 0 atom stereocenters. The summed E-state index contributed by atoms with van der Waals surface area (Å²) in [6, 6.07) is 0. The van der Waals surface area contributed by atoms with Gasteiger partial charge in [0.15, 0.2) is 5.78 Å². The summed E-state index contributed by atoms with van der Waals surface area (Å²) in [6.45, 7) is 4.06. The second kappa shape index (κ2) is 5.66. The van der Waals surface area contributed by atoms with Crippen LogP contribution in [0.5, 0.6) is 0 Å². The molecule has 4 nitrogen and oxygen atoms in total. The van der Waals surface area contributed by atoms with Crippen LogP contribution in [0.15, 0.2) is 12.4 Å². The number of hydrogen-bond donors (Lipinski definition) is 0. The third-order valence-electron chi connectivity index (χ3n) is 2.13. The molecule has 0 fully saturated rings. The van der Waals surface area contributed by atoms with Crippen LogP contribution < -0.4 is 0 Å². The highest BCUT2D eigenvalue weighted by Gasteiger charge is 2.06. The van der Waals surface area contributed by atoms with E-state index in [-0.39, 0.29) is 18.5 Å². The Hall–Kier alpha value is -1.16. The maximum absolute atomic E-state index is 11.4. The van der Waals surface area contributed by atoms with Crippen molar-refractivity contribution >= 4 is 5.78 Å². The highest BCUT2D eigenvalue weighted by Crippen LogP contribution is 2.00. The number of carbonyl (C=O) groups is 1. The molecule has 0 N–H and O–H groups in total. The molecule has 0 aliphatic heterocycles. The third-order valence-corrected chi connectivity index (χ3v) is 2.13. The summed E-state index contributed by atoms with van der Waals surface area (Å²) in [5, 5.41) is 0.